The number of hydrogen-bond acceptors (Lipinski definition) is 4. The maximum absolute atomic E-state index is 13.6. The molecule has 0 aromatic heterocycles. The zero-order valence-electron chi connectivity index (χ0n) is 14.0. The molecular formula is C17H23FN2O3. The summed E-state index contributed by atoms with van der Waals surface area (Å²) in [7, 11) is 0. The average Bonchev–Trinajstić information content (AvgIpc) is 2.40. The van der Waals surface area contributed by atoms with Gasteiger partial charge in [-0.15, -0.1) is 0 Å². The topological polar surface area (TPSA) is 71.3 Å². The number of carbonyl (C=O) groups is 1. The average molecular weight is 322 g/mol. The van der Waals surface area contributed by atoms with Crippen molar-refractivity contribution in [2.75, 3.05) is 13.2 Å². The number of nitriles is 1. The molecule has 1 rings (SSSR count). The summed E-state index contributed by atoms with van der Waals surface area (Å²) in [5.74, 6) is -0.530. The Hall–Kier alpha value is -2.13. The lowest BCUT2D eigenvalue weighted by Gasteiger charge is -2.19. The Morgan fingerprint density at radius 3 is 2.65 bits per heavy atom. The zero-order valence-corrected chi connectivity index (χ0v) is 14.0. The SMILES string of the molecule is Cc1cc(COCCCNC(=O)OC(C)(C)C)cc(F)c1C#N. The van der Waals surface area contributed by atoms with Crippen LogP contribution < -0.4 is 5.32 Å². The lowest BCUT2D eigenvalue weighted by atomic mass is 10.1. The molecule has 6 heteroatoms. The number of halogens is 1. The first-order valence-electron chi connectivity index (χ1n) is 7.46. The number of aryl methyl sites for hydroxylation is 1. The third-order valence-corrected chi connectivity index (χ3v) is 2.86. The lowest BCUT2D eigenvalue weighted by Crippen LogP contribution is -2.33. The van der Waals surface area contributed by atoms with Crippen LogP contribution in [0.1, 0.15) is 43.9 Å². The molecule has 0 saturated carbocycles. The Bertz CT molecular complexity index is 565. The van der Waals surface area contributed by atoms with Crippen molar-refractivity contribution in [1.82, 2.24) is 5.32 Å². The number of carbonyl (C=O) groups excluding carboxylic acids is 1. The van der Waals surface area contributed by atoms with E-state index < -0.39 is 17.5 Å². The van der Waals surface area contributed by atoms with Crippen molar-refractivity contribution in [1.29, 1.82) is 5.26 Å². The number of nitrogens with one attached hydrogen (secondary N) is 1. The molecule has 0 radical (unpaired) electrons. The molecule has 1 N–H and O–H groups in total. The minimum Gasteiger partial charge on any atom is -0.444 e. The summed E-state index contributed by atoms with van der Waals surface area (Å²) >= 11 is 0. The van der Waals surface area contributed by atoms with Gasteiger partial charge in [0, 0.05) is 13.2 Å². The highest BCUT2D eigenvalue weighted by Gasteiger charge is 2.15. The molecule has 0 bridgehead atoms. The van der Waals surface area contributed by atoms with Gasteiger partial charge in [-0.2, -0.15) is 5.26 Å². The van der Waals surface area contributed by atoms with E-state index in [9.17, 15) is 9.18 Å². The van der Waals surface area contributed by atoms with Crippen molar-refractivity contribution in [2.24, 2.45) is 0 Å². The number of amides is 1. The highest BCUT2D eigenvalue weighted by atomic mass is 19.1. The highest BCUT2D eigenvalue weighted by Crippen LogP contribution is 2.15. The third kappa shape index (κ3) is 7.11. The number of hydrogen-bond donors (Lipinski definition) is 1. The van der Waals surface area contributed by atoms with Gasteiger partial charge in [0.25, 0.3) is 0 Å². The molecule has 1 aromatic rings. The van der Waals surface area contributed by atoms with E-state index in [1.165, 1.54) is 6.07 Å². The first kappa shape index (κ1) is 18.9. The zero-order chi connectivity index (χ0) is 17.5. The molecule has 126 valence electrons. The van der Waals surface area contributed by atoms with Crippen molar-refractivity contribution in [3.8, 4) is 6.07 Å². The minimum absolute atomic E-state index is 0.0651. The van der Waals surface area contributed by atoms with Gasteiger partial charge in [-0.05, 0) is 51.3 Å². The summed E-state index contributed by atoms with van der Waals surface area (Å²) in [6.07, 6.45) is 0.166. The van der Waals surface area contributed by atoms with E-state index in [-0.39, 0.29) is 12.2 Å². The molecule has 0 saturated heterocycles. The first-order valence-corrected chi connectivity index (χ1v) is 7.46. The van der Waals surface area contributed by atoms with Crippen LogP contribution in [-0.4, -0.2) is 24.8 Å². The predicted molar refractivity (Wildman–Crippen MR) is 84.4 cm³/mol. The number of rotatable bonds is 6. The number of alkyl carbamates (subject to hydrolysis) is 1. The molecule has 0 atom stereocenters. The van der Waals surface area contributed by atoms with Crippen LogP contribution >= 0.6 is 0 Å². The van der Waals surface area contributed by atoms with Gasteiger partial charge in [-0.25, -0.2) is 9.18 Å². The molecule has 0 heterocycles. The number of nitrogens with zero attached hydrogens (tertiary/aromatic N) is 1. The molecule has 0 fully saturated rings. The van der Waals surface area contributed by atoms with Crippen LogP contribution in [0.25, 0.3) is 0 Å². The van der Waals surface area contributed by atoms with Crippen LogP contribution in [0.2, 0.25) is 0 Å². The Balaban J connectivity index is 2.26. The van der Waals surface area contributed by atoms with Crippen molar-refractivity contribution in [3.05, 3.63) is 34.6 Å². The summed E-state index contributed by atoms with van der Waals surface area (Å²) in [4.78, 5) is 11.4. The quantitative estimate of drug-likeness (QED) is 0.814. The van der Waals surface area contributed by atoms with Crippen LogP contribution in [0.4, 0.5) is 9.18 Å². The molecule has 1 amide bonds. The van der Waals surface area contributed by atoms with Crippen LogP contribution in [0.5, 0.6) is 0 Å². The number of benzene rings is 1. The fourth-order valence-electron chi connectivity index (χ4n) is 1.91. The summed E-state index contributed by atoms with van der Waals surface area (Å²) in [6, 6.07) is 4.88. The highest BCUT2D eigenvalue weighted by molar-refractivity contribution is 5.67. The van der Waals surface area contributed by atoms with Gasteiger partial charge in [0.15, 0.2) is 0 Å². The molecule has 0 unspecified atom stereocenters. The second kappa shape index (κ2) is 8.49. The second-order valence-corrected chi connectivity index (χ2v) is 6.22. The fraction of sp³-hybridized carbons (Fsp3) is 0.529. The fourth-order valence-corrected chi connectivity index (χ4v) is 1.91. The van der Waals surface area contributed by atoms with E-state index in [0.29, 0.717) is 30.7 Å². The van der Waals surface area contributed by atoms with Gasteiger partial charge in [0.1, 0.15) is 17.5 Å². The monoisotopic (exact) mass is 322 g/mol. The maximum Gasteiger partial charge on any atom is 0.407 e. The molecule has 1 aromatic carbocycles. The summed E-state index contributed by atoms with van der Waals surface area (Å²) in [6.45, 7) is 8.22. The van der Waals surface area contributed by atoms with E-state index in [1.54, 1.807) is 33.8 Å². The van der Waals surface area contributed by atoms with Crippen molar-refractivity contribution in [3.63, 3.8) is 0 Å². The smallest absolute Gasteiger partial charge is 0.407 e. The number of ether oxygens (including phenoxy) is 2. The van der Waals surface area contributed by atoms with Gasteiger partial charge in [-0.3, -0.25) is 0 Å². The van der Waals surface area contributed by atoms with E-state index in [4.69, 9.17) is 14.7 Å². The largest absolute Gasteiger partial charge is 0.444 e. The Morgan fingerprint density at radius 1 is 1.39 bits per heavy atom. The van der Waals surface area contributed by atoms with E-state index in [0.717, 1.165) is 0 Å². The molecule has 0 spiro atoms. The molecule has 0 aliphatic rings. The Morgan fingerprint density at radius 2 is 2.09 bits per heavy atom. The third-order valence-electron chi connectivity index (χ3n) is 2.86. The van der Waals surface area contributed by atoms with Gasteiger partial charge in [0.2, 0.25) is 0 Å². The van der Waals surface area contributed by atoms with E-state index in [1.807, 2.05) is 6.07 Å². The van der Waals surface area contributed by atoms with Gasteiger partial charge >= 0.3 is 6.09 Å². The maximum atomic E-state index is 13.6. The summed E-state index contributed by atoms with van der Waals surface area (Å²) in [5.41, 5.74) is 0.824. The molecular weight excluding hydrogens is 299 g/mol. The van der Waals surface area contributed by atoms with Crippen LogP contribution in [0, 0.1) is 24.1 Å². The van der Waals surface area contributed by atoms with Gasteiger partial charge in [-0.1, -0.05) is 6.07 Å². The molecule has 0 aliphatic carbocycles. The van der Waals surface area contributed by atoms with Crippen LogP contribution in [0.3, 0.4) is 0 Å². The van der Waals surface area contributed by atoms with Crippen molar-refractivity contribution in [2.45, 2.75) is 46.3 Å². The Labute approximate surface area is 136 Å². The standard InChI is InChI=1S/C17H23FN2O3/c1-12-8-13(9-15(18)14(12)10-19)11-22-7-5-6-20-16(21)23-17(2,3)4/h8-9H,5-7,11H2,1-4H3,(H,20,21). The second-order valence-electron chi connectivity index (χ2n) is 6.22. The first-order chi connectivity index (χ1) is 10.7. The normalized spacial score (nSPS) is 11.0. The lowest BCUT2D eigenvalue weighted by molar-refractivity contribution is 0.0518. The van der Waals surface area contributed by atoms with Crippen LogP contribution in [-0.2, 0) is 16.1 Å². The van der Waals surface area contributed by atoms with Crippen molar-refractivity contribution >= 4 is 6.09 Å². The van der Waals surface area contributed by atoms with Crippen molar-refractivity contribution < 1.29 is 18.7 Å². The summed E-state index contributed by atoms with van der Waals surface area (Å²) in [5, 5.41) is 11.4. The minimum atomic E-state index is -0.530. The van der Waals surface area contributed by atoms with E-state index >= 15 is 0 Å². The molecule has 23 heavy (non-hydrogen) atoms. The Kier molecular flexibility index (Phi) is 6.98. The molecule has 5 nitrogen and oxygen atoms in total. The van der Waals surface area contributed by atoms with Gasteiger partial charge in [0.05, 0.1) is 12.2 Å². The van der Waals surface area contributed by atoms with Crippen LogP contribution in [0.15, 0.2) is 12.1 Å². The molecule has 0 aliphatic heterocycles. The predicted octanol–water partition coefficient (Wildman–Crippen LogP) is 3.44. The summed E-state index contributed by atoms with van der Waals surface area (Å²) < 4.78 is 24.2. The van der Waals surface area contributed by atoms with Gasteiger partial charge < -0.3 is 14.8 Å². The van der Waals surface area contributed by atoms with E-state index in [2.05, 4.69) is 5.32 Å².